The first-order chi connectivity index (χ1) is 7.54. The fraction of sp³-hybridized carbons (Fsp3) is 0.417. The smallest absolute Gasteiger partial charge is 0.275 e. The largest absolute Gasteiger partial charge is 0.497 e. The lowest BCUT2D eigenvalue weighted by Crippen LogP contribution is -3.12. The van der Waals surface area contributed by atoms with E-state index >= 15 is 0 Å². The van der Waals surface area contributed by atoms with Crippen molar-refractivity contribution in [2.75, 3.05) is 14.2 Å². The van der Waals surface area contributed by atoms with Crippen LogP contribution in [0.15, 0.2) is 24.3 Å². The molecule has 1 amide bonds. The van der Waals surface area contributed by atoms with Gasteiger partial charge in [0, 0.05) is 5.56 Å². The first kappa shape index (κ1) is 12.5. The van der Waals surface area contributed by atoms with Crippen molar-refractivity contribution in [3.63, 3.8) is 0 Å². The summed E-state index contributed by atoms with van der Waals surface area (Å²) < 4.78 is 5.14. The molecule has 0 saturated heterocycles. The van der Waals surface area contributed by atoms with Crippen LogP contribution in [0.3, 0.4) is 0 Å². The Balaban J connectivity index is 2.68. The van der Waals surface area contributed by atoms with Crippen LogP contribution in [0.25, 0.3) is 0 Å². The molecule has 1 unspecified atom stereocenters. The number of nitrogens with two attached hydrogens (primary N) is 1. The van der Waals surface area contributed by atoms with Crippen molar-refractivity contribution in [1.82, 2.24) is 0 Å². The molecular formula is C12H19N2O2+. The molecule has 16 heavy (non-hydrogen) atoms. The number of primary amides is 1. The molecule has 0 saturated carbocycles. The highest BCUT2D eigenvalue weighted by Crippen LogP contribution is 2.11. The SMILES string of the molecule is COc1cccc(C[NH+](C)[C@H](C)C(N)=O)c1. The molecule has 0 radical (unpaired) electrons. The van der Waals surface area contributed by atoms with E-state index in [1.54, 1.807) is 7.11 Å². The molecule has 1 rings (SSSR count). The third-order valence-corrected chi connectivity index (χ3v) is 2.78. The summed E-state index contributed by atoms with van der Waals surface area (Å²) in [6.45, 7) is 2.58. The highest BCUT2D eigenvalue weighted by atomic mass is 16.5. The van der Waals surface area contributed by atoms with Crippen molar-refractivity contribution < 1.29 is 14.4 Å². The molecular weight excluding hydrogens is 204 g/mol. The van der Waals surface area contributed by atoms with Crippen molar-refractivity contribution in [3.05, 3.63) is 29.8 Å². The van der Waals surface area contributed by atoms with Crippen LogP contribution in [0.4, 0.5) is 0 Å². The van der Waals surface area contributed by atoms with Crippen LogP contribution in [-0.2, 0) is 11.3 Å². The van der Waals surface area contributed by atoms with Crippen LogP contribution in [0.2, 0.25) is 0 Å². The van der Waals surface area contributed by atoms with Crippen molar-refractivity contribution >= 4 is 5.91 Å². The molecule has 2 atom stereocenters. The molecule has 0 aliphatic carbocycles. The lowest BCUT2D eigenvalue weighted by molar-refractivity contribution is -0.908. The molecule has 0 aliphatic rings. The van der Waals surface area contributed by atoms with Crippen molar-refractivity contribution in [2.24, 2.45) is 5.73 Å². The molecule has 4 nitrogen and oxygen atoms in total. The topological polar surface area (TPSA) is 56.8 Å². The molecule has 0 spiro atoms. The zero-order valence-corrected chi connectivity index (χ0v) is 9.99. The van der Waals surface area contributed by atoms with Gasteiger partial charge in [-0.05, 0) is 19.1 Å². The Labute approximate surface area is 96.0 Å². The molecule has 0 aliphatic heterocycles. The van der Waals surface area contributed by atoms with E-state index in [1.165, 1.54) is 0 Å². The number of rotatable bonds is 5. The predicted octanol–water partition coefficient (Wildman–Crippen LogP) is -0.416. The second-order valence-electron chi connectivity index (χ2n) is 4.00. The quantitative estimate of drug-likeness (QED) is 0.712. The van der Waals surface area contributed by atoms with E-state index < -0.39 is 0 Å². The summed E-state index contributed by atoms with van der Waals surface area (Å²) in [7, 11) is 3.59. The highest BCUT2D eigenvalue weighted by Gasteiger charge is 2.18. The average molecular weight is 223 g/mol. The normalized spacial score (nSPS) is 14.2. The van der Waals surface area contributed by atoms with Crippen LogP contribution in [0.5, 0.6) is 5.75 Å². The van der Waals surface area contributed by atoms with Crippen LogP contribution < -0.4 is 15.4 Å². The van der Waals surface area contributed by atoms with Gasteiger partial charge >= 0.3 is 0 Å². The molecule has 88 valence electrons. The van der Waals surface area contributed by atoms with E-state index in [4.69, 9.17) is 10.5 Å². The maximum atomic E-state index is 11.0. The number of hydrogen-bond acceptors (Lipinski definition) is 2. The number of amides is 1. The van der Waals surface area contributed by atoms with E-state index in [0.717, 1.165) is 22.8 Å². The molecule has 0 fully saturated rings. The van der Waals surface area contributed by atoms with Crippen LogP contribution >= 0.6 is 0 Å². The van der Waals surface area contributed by atoms with Gasteiger partial charge in [-0.25, -0.2) is 0 Å². The lowest BCUT2D eigenvalue weighted by atomic mass is 10.2. The standard InChI is InChI=1S/C12H18N2O2/c1-9(12(13)15)14(2)8-10-5-4-6-11(7-10)16-3/h4-7,9H,8H2,1-3H3,(H2,13,15)/p+1/t9-/m1/s1. The molecule has 4 heteroatoms. The summed E-state index contributed by atoms with van der Waals surface area (Å²) in [5, 5.41) is 0. The minimum atomic E-state index is -0.277. The second kappa shape index (κ2) is 5.51. The van der Waals surface area contributed by atoms with Crippen LogP contribution in [-0.4, -0.2) is 26.1 Å². The number of ether oxygens (including phenoxy) is 1. The van der Waals surface area contributed by atoms with Gasteiger partial charge < -0.3 is 15.4 Å². The van der Waals surface area contributed by atoms with Crippen LogP contribution in [0.1, 0.15) is 12.5 Å². The van der Waals surface area contributed by atoms with Gasteiger partial charge in [-0.1, -0.05) is 12.1 Å². The average Bonchev–Trinajstić information content (AvgIpc) is 2.28. The molecule has 3 N–H and O–H groups in total. The Bertz CT molecular complexity index is 366. The number of likely N-dealkylation sites (N-methyl/N-ethyl adjacent to an activating group) is 1. The van der Waals surface area contributed by atoms with Crippen molar-refractivity contribution in [2.45, 2.75) is 19.5 Å². The fourth-order valence-electron chi connectivity index (χ4n) is 1.50. The summed E-state index contributed by atoms with van der Waals surface area (Å²) in [5.74, 6) is 0.553. The second-order valence-corrected chi connectivity index (χ2v) is 4.00. The number of quaternary nitrogens is 1. The molecule has 0 heterocycles. The van der Waals surface area contributed by atoms with Gasteiger partial charge in [-0.2, -0.15) is 0 Å². The maximum Gasteiger partial charge on any atom is 0.275 e. The fourth-order valence-corrected chi connectivity index (χ4v) is 1.50. The van der Waals surface area contributed by atoms with E-state index in [1.807, 2.05) is 38.2 Å². The molecule has 1 aromatic carbocycles. The summed E-state index contributed by atoms with van der Waals surface area (Å²) in [6.07, 6.45) is 0. The lowest BCUT2D eigenvalue weighted by Gasteiger charge is -2.19. The first-order valence-electron chi connectivity index (χ1n) is 5.29. The molecule has 0 bridgehead atoms. The highest BCUT2D eigenvalue weighted by molar-refractivity contribution is 5.77. The van der Waals surface area contributed by atoms with Crippen molar-refractivity contribution in [1.29, 1.82) is 0 Å². The summed E-state index contributed by atoms with van der Waals surface area (Å²) in [5.41, 5.74) is 6.39. The van der Waals surface area contributed by atoms with Crippen molar-refractivity contribution in [3.8, 4) is 5.75 Å². The van der Waals surface area contributed by atoms with Gasteiger partial charge in [0.25, 0.3) is 5.91 Å². The first-order valence-corrected chi connectivity index (χ1v) is 5.29. The van der Waals surface area contributed by atoms with Gasteiger partial charge in [0.05, 0.1) is 14.2 Å². The zero-order valence-electron chi connectivity index (χ0n) is 9.99. The van der Waals surface area contributed by atoms with E-state index in [-0.39, 0.29) is 11.9 Å². The number of carbonyl (C=O) groups excluding carboxylic acids is 1. The molecule has 1 aromatic rings. The Kier molecular flexibility index (Phi) is 4.31. The third-order valence-electron chi connectivity index (χ3n) is 2.78. The Morgan fingerprint density at radius 2 is 2.25 bits per heavy atom. The minimum absolute atomic E-state index is 0.189. The number of methoxy groups -OCH3 is 1. The van der Waals surface area contributed by atoms with Gasteiger partial charge in [-0.3, -0.25) is 4.79 Å². The van der Waals surface area contributed by atoms with E-state index in [2.05, 4.69) is 0 Å². The Morgan fingerprint density at radius 3 is 2.81 bits per heavy atom. The third kappa shape index (κ3) is 3.24. The number of hydrogen-bond donors (Lipinski definition) is 2. The van der Waals surface area contributed by atoms with Gasteiger partial charge in [0.2, 0.25) is 0 Å². The number of carbonyl (C=O) groups is 1. The van der Waals surface area contributed by atoms with Gasteiger partial charge in [-0.15, -0.1) is 0 Å². The van der Waals surface area contributed by atoms with E-state index in [9.17, 15) is 4.79 Å². The Morgan fingerprint density at radius 1 is 1.56 bits per heavy atom. The molecule has 0 aromatic heterocycles. The number of nitrogens with one attached hydrogen (secondary N) is 1. The summed E-state index contributed by atoms with van der Waals surface area (Å²) >= 11 is 0. The zero-order chi connectivity index (χ0) is 12.1. The minimum Gasteiger partial charge on any atom is -0.497 e. The predicted molar refractivity (Wildman–Crippen MR) is 62.2 cm³/mol. The Hall–Kier alpha value is -1.55. The summed E-state index contributed by atoms with van der Waals surface area (Å²) in [6, 6.07) is 7.63. The van der Waals surface area contributed by atoms with Crippen LogP contribution in [0, 0.1) is 0 Å². The number of benzene rings is 1. The monoisotopic (exact) mass is 223 g/mol. The summed E-state index contributed by atoms with van der Waals surface area (Å²) in [4.78, 5) is 12.1. The van der Waals surface area contributed by atoms with E-state index in [0.29, 0.717) is 0 Å². The van der Waals surface area contributed by atoms with Gasteiger partial charge in [0.1, 0.15) is 12.3 Å². The van der Waals surface area contributed by atoms with Gasteiger partial charge in [0.15, 0.2) is 6.04 Å². The maximum absolute atomic E-state index is 11.0.